The van der Waals surface area contributed by atoms with Crippen molar-refractivity contribution < 1.29 is 0 Å². The second kappa shape index (κ2) is 5.39. The number of pyridine rings is 1. The smallest absolute Gasteiger partial charge is 0.248 e. The van der Waals surface area contributed by atoms with Gasteiger partial charge in [0.1, 0.15) is 0 Å². The molecule has 3 rings (SSSR count). The number of H-pyrrole nitrogens is 1. The fraction of sp³-hybridized carbons (Fsp3) is 0.0625. The number of fused-ring (bicyclic) bond motifs is 1. The standard InChI is InChI=1S/C16H13ClN2O/c17-12-4-3-5-13(9-12)18-10-11-8-16(20)19-15-7-2-1-6-14(11)15/h1-9,18H,10H2,(H,19,20). The second-order valence-electron chi connectivity index (χ2n) is 4.57. The number of hydrogen-bond acceptors (Lipinski definition) is 2. The van der Waals surface area contributed by atoms with E-state index in [1.807, 2.05) is 48.5 Å². The van der Waals surface area contributed by atoms with Crippen molar-refractivity contribution in [2.24, 2.45) is 0 Å². The van der Waals surface area contributed by atoms with Gasteiger partial charge >= 0.3 is 0 Å². The zero-order valence-electron chi connectivity index (χ0n) is 10.7. The van der Waals surface area contributed by atoms with Gasteiger partial charge in [-0.3, -0.25) is 4.79 Å². The average Bonchev–Trinajstić information content (AvgIpc) is 2.44. The molecule has 0 aliphatic carbocycles. The van der Waals surface area contributed by atoms with Crippen LogP contribution in [-0.4, -0.2) is 4.98 Å². The summed E-state index contributed by atoms with van der Waals surface area (Å²) in [5.74, 6) is 0. The number of nitrogens with one attached hydrogen (secondary N) is 2. The van der Waals surface area contributed by atoms with E-state index in [0.29, 0.717) is 11.6 Å². The average molecular weight is 285 g/mol. The Morgan fingerprint density at radius 3 is 2.75 bits per heavy atom. The molecule has 20 heavy (non-hydrogen) atoms. The minimum atomic E-state index is -0.0911. The van der Waals surface area contributed by atoms with Crippen LogP contribution in [0.3, 0.4) is 0 Å². The Balaban J connectivity index is 1.93. The number of hydrogen-bond donors (Lipinski definition) is 2. The van der Waals surface area contributed by atoms with Gasteiger partial charge in [0.25, 0.3) is 0 Å². The van der Waals surface area contributed by atoms with Crippen LogP contribution in [0, 0.1) is 0 Å². The molecule has 2 aromatic carbocycles. The summed E-state index contributed by atoms with van der Waals surface area (Å²) in [7, 11) is 0. The van der Waals surface area contributed by atoms with Gasteiger partial charge in [-0.25, -0.2) is 0 Å². The fourth-order valence-electron chi connectivity index (χ4n) is 2.22. The molecule has 100 valence electrons. The minimum absolute atomic E-state index is 0.0911. The van der Waals surface area contributed by atoms with E-state index >= 15 is 0 Å². The van der Waals surface area contributed by atoms with Crippen molar-refractivity contribution in [2.75, 3.05) is 5.32 Å². The Labute approximate surface area is 121 Å². The van der Waals surface area contributed by atoms with Gasteiger partial charge < -0.3 is 10.3 Å². The first-order valence-corrected chi connectivity index (χ1v) is 6.70. The molecule has 0 unspecified atom stereocenters. The van der Waals surface area contributed by atoms with Crippen molar-refractivity contribution in [3.63, 3.8) is 0 Å². The molecule has 1 aromatic heterocycles. The lowest BCUT2D eigenvalue weighted by molar-refractivity contribution is 1.14. The van der Waals surface area contributed by atoms with Crippen molar-refractivity contribution >= 4 is 28.2 Å². The first-order chi connectivity index (χ1) is 9.72. The molecule has 0 aliphatic rings. The Morgan fingerprint density at radius 2 is 1.90 bits per heavy atom. The van der Waals surface area contributed by atoms with Gasteiger partial charge in [-0.15, -0.1) is 0 Å². The molecule has 0 amide bonds. The van der Waals surface area contributed by atoms with E-state index < -0.39 is 0 Å². The molecule has 2 N–H and O–H groups in total. The molecule has 0 saturated carbocycles. The van der Waals surface area contributed by atoms with Gasteiger partial charge in [0.15, 0.2) is 0 Å². The van der Waals surface area contributed by atoms with Crippen molar-refractivity contribution in [3.8, 4) is 0 Å². The lowest BCUT2D eigenvalue weighted by atomic mass is 10.1. The molecule has 1 heterocycles. The van der Waals surface area contributed by atoms with E-state index in [-0.39, 0.29) is 5.56 Å². The summed E-state index contributed by atoms with van der Waals surface area (Å²) in [6.45, 7) is 0.574. The van der Waals surface area contributed by atoms with E-state index in [2.05, 4.69) is 10.3 Å². The van der Waals surface area contributed by atoms with Gasteiger partial charge in [0, 0.05) is 34.2 Å². The van der Waals surface area contributed by atoms with Gasteiger partial charge in [-0.1, -0.05) is 35.9 Å². The quantitative estimate of drug-likeness (QED) is 0.768. The highest BCUT2D eigenvalue weighted by Crippen LogP contribution is 2.18. The first kappa shape index (κ1) is 12.8. The summed E-state index contributed by atoms with van der Waals surface area (Å²) in [4.78, 5) is 14.5. The highest BCUT2D eigenvalue weighted by atomic mass is 35.5. The maximum Gasteiger partial charge on any atom is 0.248 e. The van der Waals surface area contributed by atoms with E-state index in [9.17, 15) is 4.79 Å². The number of benzene rings is 2. The maximum atomic E-state index is 11.7. The third kappa shape index (κ3) is 2.68. The Morgan fingerprint density at radius 1 is 1.05 bits per heavy atom. The Bertz CT molecular complexity index is 811. The largest absolute Gasteiger partial charge is 0.381 e. The number of halogens is 1. The van der Waals surface area contributed by atoms with Gasteiger partial charge in [-0.05, 0) is 29.8 Å². The summed E-state index contributed by atoms with van der Waals surface area (Å²) >= 11 is 5.95. The number of aromatic nitrogens is 1. The van der Waals surface area contributed by atoms with Crippen LogP contribution in [0.25, 0.3) is 10.9 Å². The summed E-state index contributed by atoms with van der Waals surface area (Å²) in [6, 6.07) is 16.9. The van der Waals surface area contributed by atoms with Crippen molar-refractivity contribution in [2.45, 2.75) is 6.54 Å². The van der Waals surface area contributed by atoms with E-state index in [1.54, 1.807) is 6.07 Å². The molecular formula is C16H13ClN2O. The van der Waals surface area contributed by atoms with Gasteiger partial charge in [-0.2, -0.15) is 0 Å². The fourth-order valence-corrected chi connectivity index (χ4v) is 2.41. The Hall–Kier alpha value is -2.26. The summed E-state index contributed by atoms with van der Waals surface area (Å²) in [5.41, 5.74) is 2.65. The molecule has 0 bridgehead atoms. The predicted molar refractivity (Wildman–Crippen MR) is 83.3 cm³/mol. The molecule has 0 fully saturated rings. The molecule has 4 heteroatoms. The molecule has 3 nitrogen and oxygen atoms in total. The zero-order valence-corrected chi connectivity index (χ0v) is 11.4. The molecule has 0 spiro atoms. The molecule has 0 aliphatic heterocycles. The van der Waals surface area contributed by atoms with Crippen LogP contribution in [0.4, 0.5) is 5.69 Å². The summed E-state index contributed by atoms with van der Waals surface area (Å²) in [6.07, 6.45) is 0. The molecule has 0 atom stereocenters. The molecule has 0 saturated heterocycles. The summed E-state index contributed by atoms with van der Waals surface area (Å²) in [5, 5.41) is 5.01. The highest BCUT2D eigenvalue weighted by molar-refractivity contribution is 6.30. The lowest BCUT2D eigenvalue weighted by Crippen LogP contribution is -2.09. The third-order valence-electron chi connectivity index (χ3n) is 3.14. The lowest BCUT2D eigenvalue weighted by Gasteiger charge is -2.09. The van der Waals surface area contributed by atoms with Crippen LogP contribution >= 0.6 is 11.6 Å². The van der Waals surface area contributed by atoms with Crippen LogP contribution < -0.4 is 10.9 Å². The minimum Gasteiger partial charge on any atom is -0.381 e. The molecule has 3 aromatic rings. The van der Waals surface area contributed by atoms with Crippen LogP contribution in [0.15, 0.2) is 59.4 Å². The molecule has 0 radical (unpaired) electrons. The van der Waals surface area contributed by atoms with Crippen molar-refractivity contribution in [1.82, 2.24) is 4.98 Å². The first-order valence-electron chi connectivity index (χ1n) is 6.33. The zero-order chi connectivity index (χ0) is 13.9. The van der Waals surface area contributed by atoms with Crippen LogP contribution in [0.5, 0.6) is 0 Å². The third-order valence-corrected chi connectivity index (χ3v) is 3.38. The number of anilines is 1. The van der Waals surface area contributed by atoms with Crippen LogP contribution in [-0.2, 0) is 6.54 Å². The predicted octanol–water partition coefficient (Wildman–Crippen LogP) is 3.79. The Kier molecular flexibility index (Phi) is 3.44. The van der Waals surface area contributed by atoms with Gasteiger partial charge in [0.05, 0.1) is 0 Å². The highest BCUT2D eigenvalue weighted by Gasteiger charge is 2.03. The topological polar surface area (TPSA) is 44.9 Å². The van der Waals surface area contributed by atoms with Crippen LogP contribution in [0.1, 0.15) is 5.56 Å². The number of rotatable bonds is 3. The van der Waals surface area contributed by atoms with E-state index in [4.69, 9.17) is 11.6 Å². The van der Waals surface area contributed by atoms with Crippen molar-refractivity contribution in [3.05, 3.63) is 75.5 Å². The second-order valence-corrected chi connectivity index (χ2v) is 5.00. The number of para-hydroxylation sites is 1. The van der Waals surface area contributed by atoms with Crippen LogP contribution in [0.2, 0.25) is 5.02 Å². The normalized spacial score (nSPS) is 10.7. The van der Waals surface area contributed by atoms with E-state index in [0.717, 1.165) is 22.2 Å². The van der Waals surface area contributed by atoms with Gasteiger partial charge in [0.2, 0.25) is 5.56 Å². The van der Waals surface area contributed by atoms with E-state index in [1.165, 1.54) is 0 Å². The van der Waals surface area contributed by atoms with Crippen molar-refractivity contribution in [1.29, 1.82) is 0 Å². The maximum absolute atomic E-state index is 11.7. The molecular weight excluding hydrogens is 272 g/mol. The monoisotopic (exact) mass is 284 g/mol. The number of aromatic amines is 1. The summed E-state index contributed by atoms with van der Waals surface area (Å²) < 4.78 is 0. The SMILES string of the molecule is O=c1cc(CNc2cccc(Cl)c2)c2ccccc2[nH]1.